The fourth-order valence-electron chi connectivity index (χ4n) is 4.22. The molecule has 4 rings (SSSR count). The summed E-state index contributed by atoms with van der Waals surface area (Å²) in [5.74, 6) is -13.4. The number of aryl methyl sites for hydroxylation is 1. The van der Waals surface area contributed by atoms with Gasteiger partial charge in [-0.2, -0.15) is 17.6 Å². The summed E-state index contributed by atoms with van der Waals surface area (Å²) in [7, 11) is 0. The second-order valence-electron chi connectivity index (χ2n) is 8.10. The van der Waals surface area contributed by atoms with E-state index < -0.39 is 51.5 Å². The van der Waals surface area contributed by atoms with Crippen LogP contribution in [0.15, 0.2) is 36.1 Å². The normalized spacial score (nSPS) is 20.6. The first kappa shape index (κ1) is 22.6. The molecule has 1 aliphatic carbocycles. The zero-order valence-electron chi connectivity index (χ0n) is 17.6. The summed E-state index contributed by atoms with van der Waals surface area (Å²) in [4.78, 5) is 0. The quantitative estimate of drug-likeness (QED) is 0.442. The third-order valence-electron chi connectivity index (χ3n) is 6.00. The van der Waals surface area contributed by atoms with E-state index in [2.05, 4.69) is 0 Å². The fraction of sp³-hybridized carbons (Fsp3) is 0.417. The number of hydrogen-bond acceptors (Lipinski definition) is 2. The molecule has 0 aromatic heterocycles. The molecule has 1 heterocycles. The lowest BCUT2D eigenvalue weighted by Crippen LogP contribution is -2.41. The molecule has 32 heavy (non-hydrogen) atoms. The van der Waals surface area contributed by atoms with Crippen molar-refractivity contribution in [3.63, 3.8) is 0 Å². The van der Waals surface area contributed by atoms with Gasteiger partial charge in [0.1, 0.15) is 5.82 Å². The van der Waals surface area contributed by atoms with E-state index >= 15 is 13.2 Å². The Balaban J connectivity index is 1.79. The summed E-state index contributed by atoms with van der Waals surface area (Å²) in [6.07, 6.45) is 3.58. The van der Waals surface area contributed by atoms with Crippen LogP contribution in [0.25, 0.3) is 11.1 Å². The summed E-state index contributed by atoms with van der Waals surface area (Å²) >= 11 is 0. The number of benzene rings is 2. The molecule has 2 aromatic rings. The fourth-order valence-corrected chi connectivity index (χ4v) is 4.22. The summed E-state index contributed by atoms with van der Waals surface area (Å²) in [5, 5.41) is 0. The van der Waals surface area contributed by atoms with E-state index in [9.17, 15) is 13.2 Å². The number of allylic oxidation sites excluding steroid dienone is 1. The number of halogens is 6. The van der Waals surface area contributed by atoms with Gasteiger partial charge in [-0.15, -0.1) is 0 Å². The summed E-state index contributed by atoms with van der Waals surface area (Å²) in [6.45, 7) is 3.39. The van der Waals surface area contributed by atoms with Crippen LogP contribution in [0.4, 0.5) is 26.3 Å². The van der Waals surface area contributed by atoms with Crippen molar-refractivity contribution in [1.82, 2.24) is 0 Å². The van der Waals surface area contributed by atoms with Gasteiger partial charge in [0, 0.05) is 0 Å². The molecule has 0 saturated heterocycles. The topological polar surface area (TPSA) is 18.5 Å². The molecule has 172 valence electrons. The third kappa shape index (κ3) is 3.44. The minimum atomic E-state index is -4.96. The first-order chi connectivity index (χ1) is 15.1. The second-order valence-corrected chi connectivity index (χ2v) is 8.10. The maximum Gasteiger partial charge on any atom is 0.343 e. The highest BCUT2D eigenvalue weighted by Gasteiger charge is 2.65. The average Bonchev–Trinajstić information content (AvgIpc) is 2.74. The highest BCUT2D eigenvalue weighted by atomic mass is 19.3. The number of fused-ring (bicyclic) bond motifs is 3. The summed E-state index contributed by atoms with van der Waals surface area (Å²) < 4.78 is 100. The molecule has 2 aromatic carbocycles. The molecule has 0 N–H and O–H groups in total. The molecule has 0 bridgehead atoms. The van der Waals surface area contributed by atoms with Gasteiger partial charge >= 0.3 is 11.8 Å². The monoisotopic (exact) mass is 456 g/mol. The van der Waals surface area contributed by atoms with Crippen molar-refractivity contribution < 1.29 is 35.8 Å². The Morgan fingerprint density at radius 1 is 0.938 bits per heavy atom. The Kier molecular flexibility index (Phi) is 5.67. The number of ether oxygens (including phenoxy) is 2. The van der Waals surface area contributed by atoms with E-state index in [-0.39, 0.29) is 24.7 Å². The molecule has 1 atom stereocenters. The highest BCUT2D eigenvalue weighted by molar-refractivity contribution is 5.77. The molecule has 8 heteroatoms. The van der Waals surface area contributed by atoms with Crippen LogP contribution >= 0.6 is 0 Å². The predicted molar refractivity (Wildman–Crippen MR) is 107 cm³/mol. The lowest BCUT2D eigenvalue weighted by molar-refractivity contribution is -0.228. The highest BCUT2D eigenvalue weighted by Crippen LogP contribution is 2.60. The van der Waals surface area contributed by atoms with E-state index in [0.29, 0.717) is 6.42 Å². The van der Waals surface area contributed by atoms with Gasteiger partial charge in [-0.25, -0.2) is 8.78 Å². The molecule has 0 spiro atoms. The molecule has 1 unspecified atom stereocenters. The van der Waals surface area contributed by atoms with Gasteiger partial charge in [-0.05, 0) is 73.9 Å². The molecule has 0 radical (unpaired) electrons. The zero-order chi connectivity index (χ0) is 23.3. The first-order valence-electron chi connectivity index (χ1n) is 10.5. The van der Waals surface area contributed by atoms with Gasteiger partial charge in [0.15, 0.2) is 11.6 Å². The molecule has 2 nitrogen and oxygen atoms in total. The second kappa shape index (κ2) is 8.05. The van der Waals surface area contributed by atoms with Crippen LogP contribution in [0.2, 0.25) is 0 Å². The standard InChI is InChI=1S/C24H22F6O2/c1-3-31-18-11-10-17-16-9-8-15(7-6-14-5-4-13(2)32-12-14)21(25)19(16)23(27,28)24(29,30)20(17)22(18)26/h8-13H,3-7H2,1-2H3. The van der Waals surface area contributed by atoms with Crippen LogP contribution in [-0.2, 0) is 23.0 Å². The van der Waals surface area contributed by atoms with Crippen molar-refractivity contribution in [3.05, 3.63) is 64.4 Å². The number of alkyl halides is 4. The van der Waals surface area contributed by atoms with Crippen LogP contribution in [-0.4, -0.2) is 12.7 Å². The van der Waals surface area contributed by atoms with Gasteiger partial charge in [-0.3, -0.25) is 0 Å². The largest absolute Gasteiger partial charge is 0.498 e. The maximum absolute atomic E-state index is 15.2. The Morgan fingerprint density at radius 3 is 2.16 bits per heavy atom. The predicted octanol–water partition coefficient (Wildman–Crippen LogP) is 7.24. The van der Waals surface area contributed by atoms with Crippen molar-refractivity contribution in [2.45, 2.75) is 57.5 Å². The van der Waals surface area contributed by atoms with E-state index in [1.807, 2.05) is 6.92 Å². The maximum atomic E-state index is 15.2. The van der Waals surface area contributed by atoms with Crippen LogP contribution < -0.4 is 4.74 Å². The molecular formula is C24H22F6O2. The van der Waals surface area contributed by atoms with E-state index in [0.717, 1.165) is 36.6 Å². The lowest BCUT2D eigenvalue weighted by Gasteiger charge is -2.35. The molecular weight excluding hydrogens is 434 g/mol. The minimum absolute atomic E-state index is 0.0351. The van der Waals surface area contributed by atoms with Crippen LogP contribution in [0.5, 0.6) is 5.75 Å². The van der Waals surface area contributed by atoms with Gasteiger partial charge in [-0.1, -0.05) is 12.1 Å². The third-order valence-corrected chi connectivity index (χ3v) is 6.00. The molecule has 0 saturated carbocycles. The lowest BCUT2D eigenvalue weighted by atomic mass is 9.78. The van der Waals surface area contributed by atoms with Gasteiger partial charge in [0.25, 0.3) is 0 Å². The average molecular weight is 456 g/mol. The first-order valence-corrected chi connectivity index (χ1v) is 10.5. The number of hydrogen-bond donors (Lipinski definition) is 0. The molecule has 0 amide bonds. The van der Waals surface area contributed by atoms with E-state index in [1.165, 1.54) is 13.0 Å². The van der Waals surface area contributed by atoms with Gasteiger partial charge in [0.2, 0.25) is 0 Å². The Bertz CT molecular complexity index is 1080. The van der Waals surface area contributed by atoms with Gasteiger partial charge < -0.3 is 9.47 Å². The van der Waals surface area contributed by atoms with Gasteiger partial charge in [0.05, 0.1) is 30.1 Å². The van der Waals surface area contributed by atoms with Crippen LogP contribution in [0.1, 0.15) is 49.8 Å². The van der Waals surface area contributed by atoms with Crippen molar-refractivity contribution in [2.75, 3.05) is 6.61 Å². The Hall–Kier alpha value is -2.64. The smallest absolute Gasteiger partial charge is 0.343 e. The van der Waals surface area contributed by atoms with Crippen molar-refractivity contribution in [2.24, 2.45) is 0 Å². The van der Waals surface area contributed by atoms with Crippen molar-refractivity contribution >= 4 is 0 Å². The molecule has 1 aliphatic heterocycles. The SMILES string of the molecule is CCOc1ccc2c(c1F)C(F)(F)C(F)(F)c1c-2ccc(CCC2=COC(C)CC2)c1F. The van der Waals surface area contributed by atoms with E-state index in [4.69, 9.17) is 9.47 Å². The number of rotatable bonds is 5. The zero-order valence-corrected chi connectivity index (χ0v) is 17.6. The minimum Gasteiger partial charge on any atom is -0.498 e. The Morgan fingerprint density at radius 2 is 1.56 bits per heavy atom. The van der Waals surface area contributed by atoms with E-state index in [1.54, 1.807) is 6.26 Å². The molecule has 0 fully saturated rings. The summed E-state index contributed by atoms with van der Waals surface area (Å²) in [6, 6.07) is 4.60. The molecule has 2 aliphatic rings. The summed E-state index contributed by atoms with van der Waals surface area (Å²) in [5.41, 5.74) is -3.01. The Labute approximate surface area is 181 Å². The van der Waals surface area contributed by atoms with Crippen molar-refractivity contribution in [1.29, 1.82) is 0 Å². The van der Waals surface area contributed by atoms with Crippen LogP contribution in [0, 0.1) is 11.6 Å². The van der Waals surface area contributed by atoms with Crippen LogP contribution in [0.3, 0.4) is 0 Å². The van der Waals surface area contributed by atoms with Crippen molar-refractivity contribution in [3.8, 4) is 16.9 Å².